The number of carbonyl (C=O) groups is 1. The van der Waals surface area contributed by atoms with Gasteiger partial charge in [-0.1, -0.05) is 48.6 Å². The van der Waals surface area contributed by atoms with Crippen molar-refractivity contribution in [3.63, 3.8) is 0 Å². The fourth-order valence-corrected chi connectivity index (χ4v) is 6.50. The van der Waals surface area contributed by atoms with Crippen LogP contribution in [0.4, 0.5) is 0 Å². The van der Waals surface area contributed by atoms with Crippen molar-refractivity contribution in [2.75, 3.05) is 40.3 Å². The Kier molecular flexibility index (Phi) is 9.75. The van der Waals surface area contributed by atoms with Crippen molar-refractivity contribution >= 4 is 17.7 Å². The van der Waals surface area contributed by atoms with Gasteiger partial charge in [0.1, 0.15) is 5.35 Å². The topological polar surface area (TPSA) is 79.9 Å². The van der Waals surface area contributed by atoms with E-state index in [0.717, 1.165) is 56.5 Å². The van der Waals surface area contributed by atoms with Crippen LogP contribution in [0, 0.1) is 0 Å². The zero-order chi connectivity index (χ0) is 28.8. The first-order valence-electron chi connectivity index (χ1n) is 15.1. The third-order valence-electron chi connectivity index (χ3n) is 8.83. The van der Waals surface area contributed by atoms with Gasteiger partial charge in [0.25, 0.3) is 0 Å². The molecular weight excluding hydrogens is 512 g/mol. The summed E-state index contributed by atoms with van der Waals surface area (Å²) in [7, 11) is 3.66. The lowest BCUT2D eigenvalue weighted by atomic mass is 9.96. The van der Waals surface area contributed by atoms with Crippen molar-refractivity contribution in [2.24, 2.45) is 5.73 Å². The number of allylic oxidation sites excluding steroid dienone is 2. The molecule has 0 radical (unpaired) electrons. The number of imidazole rings is 1. The smallest absolute Gasteiger partial charge is 0.309 e. The third-order valence-corrected chi connectivity index (χ3v) is 8.83. The standard InChI is InChI=1S/C33H46N6O2/c1-25(12-15-34)39-23-30-33(29-10-4-5-11-31(29)39)38(24-35-30)17-7-16-37(28-13-18-36(2)19-14-28)22-27-9-6-8-26(20-27)21-32(40)41-3/h4-6,8-11,20,23-25,28,31H,7,12-19,21-22,34H2,1-3H3. The quantitative estimate of drug-likeness (QED) is 0.400. The third kappa shape index (κ3) is 7.00. The van der Waals surface area contributed by atoms with Crippen molar-refractivity contribution in [3.05, 3.63) is 76.7 Å². The zero-order valence-corrected chi connectivity index (χ0v) is 24.9. The Morgan fingerprint density at radius 3 is 2.80 bits per heavy atom. The molecule has 2 aromatic rings. The Labute approximate surface area is 244 Å². The maximum absolute atomic E-state index is 11.9. The van der Waals surface area contributed by atoms with E-state index in [4.69, 9.17) is 15.5 Å². The second-order valence-electron chi connectivity index (χ2n) is 11.8. The summed E-state index contributed by atoms with van der Waals surface area (Å²) in [6.07, 6.45) is 17.7. The van der Waals surface area contributed by atoms with Gasteiger partial charge in [0.05, 0.1) is 31.2 Å². The molecule has 1 aromatic carbocycles. The molecule has 8 nitrogen and oxygen atoms in total. The lowest BCUT2D eigenvalue weighted by molar-refractivity contribution is -0.139. The van der Waals surface area contributed by atoms with Gasteiger partial charge in [-0.2, -0.15) is 0 Å². The first-order valence-corrected chi connectivity index (χ1v) is 15.1. The molecule has 8 heteroatoms. The maximum atomic E-state index is 11.9. The molecule has 41 heavy (non-hydrogen) atoms. The Bertz CT molecular complexity index is 1370. The van der Waals surface area contributed by atoms with Crippen LogP contribution in [0.15, 0.2) is 54.9 Å². The first kappa shape index (κ1) is 29.3. The van der Waals surface area contributed by atoms with Gasteiger partial charge in [0, 0.05) is 43.5 Å². The zero-order valence-electron chi connectivity index (χ0n) is 24.9. The van der Waals surface area contributed by atoms with E-state index in [0.29, 0.717) is 25.0 Å². The van der Waals surface area contributed by atoms with Crippen molar-refractivity contribution < 1.29 is 9.53 Å². The molecule has 0 saturated carbocycles. The van der Waals surface area contributed by atoms with Gasteiger partial charge < -0.3 is 24.8 Å². The van der Waals surface area contributed by atoms with Gasteiger partial charge in [-0.3, -0.25) is 9.69 Å². The van der Waals surface area contributed by atoms with Crippen LogP contribution in [0.5, 0.6) is 0 Å². The van der Waals surface area contributed by atoms with Crippen LogP contribution in [0.1, 0.15) is 43.7 Å². The minimum absolute atomic E-state index is 0.199. The number of aryl methyl sites for hydroxylation is 1. The number of rotatable bonds is 12. The van der Waals surface area contributed by atoms with Gasteiger partial charge in [-0.05, 0) is 70.4 Å². The fraction of sp³-hybridized carbons (Fsp3) is 0.515. The molecule has 2 N–H and O–H groups in total. The molecule has 1 saturated heterocycles. The molecule has 2 unspecified atom stereocenters. The predicted octanol–water partition coefficient (Wildman–Crippen LogP) is 2.02. The normalized spacial score (nSPS) is 19.7. The Balaban J connectivity index is 1.33. The Morgan fingerprint density at radius 2 is 2.02 bits per heavy atom. The fourth-order valence-electron chi connectivity index (χ4n) is 6.50. The molecule has 0 spiro atoms. The number of methoxy groups -OCH3 is 1. The number of aromatic nitrogens is 2. The Hall–Kier alpha value is -3.20. The van der Waals surface area contributed by atoms with Gasteiger partial charge in [0.2, 0.25) is 0 Å². The molecule has 3 aliphatic rings. The lowest BCUT2D eigenvalue weighted by Gasteiger charge is -2.38. The molecule has 1 fully saturated rings. The van der Waals surface area contributed by atoms with E-state index in [1.165, 1.54) is 36.4 Å². The second kappa shape index (κ2) is 13.6. The number of esters is 1. The minimum Gasteiger partial charge on any atom is -0.469 e. The van der Waals surface area contributed by atoms with Crippen molar-refractivity contribution in [1.29, 1.82) is 0 Å². The Morgan fingerprint density at radius 1 is 1.22 bits per heavy atom. The van der Waals surface area contributed by atoms with Crippen LogP contribution in [-0.2, 0) is 29.0 Å². The summed E-state index contributed by atoms with van der Waals surface area (Å²) in [4.78, 5) is 24.2. The molecule has 1 aliphatic carbocycles. The van der Waals surface area contributed by atoms with Gasteiger partial charge in [0.15, 0.2) is 0 Å². The lowest BCUT2D eigenvalue weighted by Crippen LogP contribution is -2.49. The van der Waals surface area contributed by atoms with E-state index >= 15 is 0 Å². The number of benzene rings is 1. The largest absolute Gasteiger partial charge is 0.469 e. The van der Waals surface area contributed by atoms with Crippen molar-refractivity contribution in [2.45, 2.75) is 70.2 Å². The predicted molar refractivity (Wildman–Crippen MR) is 164 cm³/mol. The van der Waals surface area contributed by atoms with Crippen LogP contribution in [0.3, 0.4) is 0 Å². The minimum atomic E-state index is -0.199. The molecule has 3 heterocycles. The van der Waals surface area contributed by atoms with E-state index in [-0.39, 0.29) is 12.0 Å². The van der Waals surface area contributed by atoms with Crippen LogP contribution in [0.2, 0.25) is 0 Å². The molecule has 5 rings (SSSR count). The number of piperidine rings is 1. The van der Waals surface area contributed by atoms with Gasteiger partial charge >= 0.3 is 5.97 Å². The monoisotopic (exact) mass is 558 g/mol. The molecule has 2 atom stereocenters. The van der Waals surface area contributed by atoms with Crippen molar-refractivity contribution in [3.8, 4) is 0 Å². The SMILES string of the molecule is COC(=O)Cc1cccc(CN(CCCn2cnc3c2=C2C=CC=CC2N(C(C)CCN)C=3)C2CCN(C)CC2)c1. The number of hydrogen-bond donors (Lipinski definition) is 1. The average Bonchev–Trinajstić information content (AvgIpc) is 3.40. The number of likely N-dealkylation sites (tertiary alicyclic amines) is 1. The molecule has 0 amide bonds. The van der Waals surface area contributed by atoms with Crippen LogP contribution >= 0.6 is 0 Å². The number of nitrogens with two attached hydrogens (primary N) is 1. The molecule has 2 aliphatic heterocycles. The molecular formula is C33H46N6O2. The van der Waals surface area contributed by atoms with E-state index in [2.05, 4.69) is 81.9 Å². The average molecular weight is 559 g/mol. The van der Waals surface area contributed by atoms with Gasteiger partial charge in [-0.25, -0.2) is 4.98 Å². The molecule has 1 aromatic heterocycles. The second-order valence-corrected chi connectivity index (χ2v) is 11.8. The summed E-state index contributed by atoms with van der Waals surface area (Å²) < 4.78 is 7.24. The summed E-state index contributed by atoms with van der Waals surface area (Å²) in [5, 5.41) is 2.29. The number of fused-ring (bicyclic) bond motifs is 2. The van der Waals surface area contributed by atoms with Crippen LogP contribution in [-0.4, -0.2) is 88.7 Å². The van der Waals surface area contributed by atoms with Crippen molar-refractivity contribution in [1.82, 2.24) is 24.3 Å². The summed E-state index contributed by atoms with van der Waals surface area (Å²) in [5.41, 5.74) is 9.48. The number of hydrogen-bond acceptors (Lipinski definition) is 7. The van der Waals surface area contributed by atoms with E-state index in [9.17, 15) is 4.79 Å². The van der Waals surface area contributed by atoms with E-state index < -0.39 is 0 Å². The highest BCUT2D eigenvalue weighted by Crippen LogP contribution is 2.24. The molecule has 220 valence electrons. The highest BCUT2D eigenvalue weighted by Gasteiger charge is 2.27. The first-order chi connectivity index (χ1) is 20.0. The van der Waals surface area contributed by atoms with Crippen LogP contribution < -0.4 is 16.4 Å². The molecule has 0 bridgehead atoms. The summed E-state index contributed by atoms with van der Waals surface area (Å²) >= 11 is 0. The van der Waals surface area contributed by atoms with E-state index in [1.807, 2.05) is 12.4 Å². The number of carbonyl (C=O) groups excluding carboxylic acids is 1. The summed E-state index contributed by atoms with van der Waals surface area (Å²) in [5.74, 6) is -0.199. The summed E-state index contributed by atoms with van der Waals surface area (Å²) in [6.45, 7) is 8.02. The number of nitrogens with zero attached hydrogens (tertiary/aromatic N) is 5. The number of ether oxygens (including phenoxy) is 1. The van der Waals surface area contributed by atoms with Crippen LogP contribution in [0.25, 0.3) is 11.8 Å². The maximum Gasteiger partial charge on any atom is 0.309 e. The van der Waals surface area contributed by atoms with E-state index in [1.54, 1.807) is 0 Å². The summed E-state index contributed by atoms with van der Waals surface area (Å²) in [6, 6.07) is 9.55. The van der Waals surface area contributed by atoms with Gasteiger partial charge in [-0.15, -0.1) is 0 Å². The highest BCUT2D eigenvalue weighted by atomic mass is 16.5. The highest BCUT2D eigenvalue weighted by molar-refractivity contribution is 5.72.